The van der Waals surface area contributed by atoms with Crippen LogP contribution in [0.3, 0.4) is 0 Å². The minimum Gasteiger partial charge on any atom is -0.476 e. The molecule has 1 aromatic rings. The molecular formula is C21H30N2O5S. The van der Waals surface area contributed by atoms with Crippen molar-refractivity contribution in [2.75, 3.05) is 7.05 Å². The quantitative estimate of drug-likeness (QED) is 0.457. The summed E-state index contributed by atoms with van der Waals surface area (Å²) in [6.07, 6.45) is 5.95. The highest BCUT2D eigenvalue weighted by molar-refractivity contribution is 7.09. The largest absolute Gasteiger partial charge is 0.476 e. The molecule has 1 amide bonds. The second-order valence-corrected chi connectivity index (χ2v) is 8.39. The number of carboxylic acid groups (broad SMARTS) is 1. The molecule has 0 aliphatic rings. The van der Waals surface area contributed by atoms with Crippen LogP contribution in [0, 0.1) is 30.1 Å². The van der Waals surface area contributed by atoms with Gasteiger partial charge in [-0.15, -0.1) is 17.8 Å². The van der Waals surface area contributed by atoms with Crippen LogP contribution in [0.25, 0.3) is 0 Å². The Hall–Kier alpha value is -2.40. The molecule has 2 unspecified atom stereocenters. The first-order valence-corrected chi connectivity index (χ1v) is 10.5. The summed E-state index contributed by atoms with van der Waals surface area (Å²) in [4.78, 5) is 41.5. The normalized spacial score (nSPS) is 15.1. The molecule has 1 heterocycles. The number of esters is 1. The van der Waals surface area contributed by atoms with Crippen molar-refractivity contribution in [3.8, 4) is 12.3 Å². The molecule has 1 aromatic heterocycles. The lowest BCUT2D eigenvalue weighted by atomic mass is 9.89. The van der Waals surface area contributed by atoms with Crippen LogP contribution in [0.1, 0.15) is 69.1 Å². The van der Waals surface area contributed by atoms with Gasteiger partial charge in [0.25, 0.3) is 0 Å². The molecule has 160 valence electrons. The first-order chi connectivity index (χ1) is 13.5. The summed E-state index contributed by atoms with van der Waals surface area (Å²) in [5.74, 6) is 0.383. The van der Waals surface area contributed by atoms with Crippen LogP contribution in [0.4, 0.5) is 0 Å². The maximum absolute atomic E-state index is 13.0. The fourth-order valence-electron chi connectivity index (χ4n) is 3.13. The lowest BCUT2D eigenvalue weighted by Gasteiger charge is -2.35. The Morgan fingerprint density at radius 3 is 2.38 bits per heavy atom. The zero-order valence-corrected chi connectivity index (χ0v) is 18.7. The van der Waals surface area contributed by atoms with Gasteiger partial charge in [-0.2, -0.15) is 0 Å². The SMILES string of the molecule is C#CC(C(=O)N(C)[C@H](C[C@@H](OC(C)=O)c1nc(C(=O)O)cs1)C(C)C)C(C)CC. The summed E-state index contributed by atoms with van der Waals surface area (Å²) >= 11 is 1.12. The van der Waals surface area contributed by atoms with Gasteiger partial charge in [-0.3, -0.25) is 9.59 Å². The van der Waals surface area contributed by atoms with Crippen LogP contribution in [0.2, 0.25) is 0 Å². The number of terminal acetylenes is 1. The van der Waals surface area contributed by atoms with Crippen molar-refractivity contribution in [1.29, 1.82) is 0 Å². The number of hydrogen-bond donors (Lipinski definition) is 1. The molecule has 0 spiro atoms. The van der Waals surface area contributed by atoms with E-state index in [9.17, 15) is 14.4 Å². The Morgan fingerprint density at radius 2 is 1.97 bits per heavy atom. The van der Waals surface area contributed by atoms with Gasteiger partial charge in [-0.05, 0) is 11.8 Å². The third-order valence-corrected chi connectivity index (χ3v) is 5.99. The number of hydrogen-bond acceptors (Lipinski definition) is 6. The van der Waals surface area contributed by atoms with Crippen LogP contribution in [0.5, 0.6) is 0 Å². The number of amides is 1. The average molecular weight is 423 g/mol. The van der Waals surface area contributed by atoms with E-state index in [1.54, 1.807) is 11.9 Å². The fraction of sp³-hybridized carbons (Fsp3) is 0.619. The average Bonchev–Trinajstić information content (AvgIpc) is 3.14. The van der Waals surface area contributed by atoms with Crippen LogP contribution in [0.15, 0.2) is 5.38 Å². The van der Waals surface area contributed by atoms with Crippen molar-refractivity contribution in [2.24, 2.45) is 17.8 Å². The molecule has 4 atom stereocenters. The summed E-state index contributed by atoms with van der Waals surface area (Å²) < 4.78 is 5.43. The minimum atomic E-state index is -1.15. The van der Waals surface area contributed by atoms with Gasteiger partial charge in [0.05, 0.1) is 0 Å². The number of aromatic carboxylic acids is 1. The predicted molar refractivity (Wildman–Crippen MR) is 111 cm³/mol. The highest BCUT2D eigenvalue weighted by Gasteiger charge is 2.34. The molecule has 0 aliphatic carbocycles. The van der Waals surface area contributed by atoms with Gasteiger partial charge < -0.3 is 14.7 Å². The number of carboxylic acids is 1. The first kappa shape index (κ1) is 24.6. The van der Waals surface area contributed by atoms with Crippen molar-refractivity contribution < 1.29 is 24.2 Å². The smallest absolute Gasteiger partial charge is 0.355 e. The lowest BCUT2D eigenvalue weighted by molar-refractivity contribution is -0.148. The number of rotatable bonds is 10. The van der Waals surface area contributed by atoms with Crippen molar-refractivity contribution in [2.45, 2.75) is 59.6 Å². The molecule has 0 bridgehead atoms. The summed E-state index contributed by atoms with van der Waals surface area (Å²) in [7, 11) is 1.70. The van der Waals surface area contributed by atoms with Crippen molar-refractivity contribution in [3.05, 3.63) is 16.1 Å². The summed E-state index contributed by atoms with van der Waals surface area (Å²) in [5, 5.41) is 10.9. The predicted octanol–water partition coefficient (Wildman–Crippen LogP) is 3.61. The molecule has 1 N–H and O–H groups in total. The van der Waals surface area contributed by atoms with Crippen LogP contribution < -0.4 is 0 Å². The van der Waals surface area contributed by atoms with E-state index in [0.29, 0.717) is 11.4 Å². The standard InChI is InChI=1S/C21H30N2O5S/c1-8-13(5)15(9-2)20(25)23(7)17(12(3)4)10-18(28-14(6)24)19-22-16(11-29-19)21(26)27/h2,11-13,15,17-18H,8,10H2,1,3-7H3,(H,26,27)/t13?,15?,17-,18-/m1/s1. The molecule has 0 aromatic carbocycles. The van der Waals surface area contributed by atoms with Crippen LogP contribution >= 0.6 is 11.3 Å². The van der Waals surface area contributed by atoms with E-state index in [2.05, 4.69) is 10.9 Å². The lowest BCUT2D eigenvalue weighted by Crippen LogP contribution is -2.45. The van der Waals surface area contributed by atoms with E-state index in [1.165, 1.54) is 12.3 Å². The third kappa shape index (κ3) is 6.57. The highest BCUT2D eigenvalue weighted by atomic mass is 32.1. The molecular weight excluding hydrogens is 392 g/mol. The molecule has 0 saturated carbocycles. The van der Waals surface area contributed by atoms with Gasteiger partial charge in [0, 0.05) is 31.8 Å². The Bertz CT molecular complexity index is 767. The van der Waals surface area contributed by atoms with E-state index < -0.39 is 24.0 Å². The minimum absolute atomic E-state index is 0.0455. The number of aromatic nitrogens is 1. The van der Waals surface area contributed by atoms with E-state index >= 15 is 0 Å². The highest BCUT2D eigenvalue weighted by Crippen LogP contribution is 2.31. The number of carbonyl (C=O) groups is 3. The maximum Gasteiger partial charge on any atom is 0.355 e. The Labute approximate surface area is 176 Å². The van der Waals surface area contributed by atoms with E-state index in [-0.39, 0.29) is 29.5 Å². The van der Waals surface area contributed by atoms with Gasteiger partial charge in [0.2, 0.25) is 5.91 Å². The van der Waals surface area contributed by atoms with Gasteiger partial charge in [-0.1, -0.05) is 40.0 Å². The molecule has 0 aliphatic heterocycles. The van der Waals surface area contributed by atoms with E-state index in [4.69, 9.17) is 16.3 Å². The van der Waals surface area contributed by atoms with Crippen LogP contribution in [-0.4, -0.2) is 45.9 Å². The zero-order valence-electron chi connectivity index (χ0n) is 17.8. The van der Waals surface area contributed by atoms with E-state index in [0.717, 1.165) is 17.8 Å². The maximum atomic E-state index is 13.0. The number of carbonyl (C=O) groups excluding carboxylic acids is 2. The van der Waals surface area contributed by atoms with Gasteiger partial charge in [0.15, 0.2) is 11.8 Å². The summed E-state index contributed by atoms with van der Waals surface area (Å²) in [6.45, 7) is 9.16. The molecule has 0 fully saturated rings. The van der Waals surface area contributed by atoms with Crippen molar-refractivity contribution in [3.63, 3.8) is 0 Å². The van der Waals surface area contributed by atoms with Gasteiger partial charge >= 0.3 is 11.9 Å². The van der Waals surface area contributed by atoms with Gasteiger partial charge in [-0.25, -0.2) is 9.78 Å². The number of nitrogens with zero attached hydrogens (tertiary/aromatic N) is 2. The second kappa shape index (κ2) is 11.0. The Morgan fingerprint density at radius 1 is 1.34 bits per heavy atom. The summed E-state index contributed by atoms with van der Waals surface area (Å²) in [5.41, 5.74) is -0.100. The van der Waals surface area contributed by atoms with Crippen molar-refractivity contribution in [1.82, 2.24) is 9.88 Å². The fourth-order valence-corrected chi connectivity index (χ4v) is 3.96. The second-order valence-electron chi connectivity index (χ2n) is 7.50. The van der Waals surface area contributed by atoms with Crippen LogP contribution in [-0.2, 0) is 14.3 Å². The molecule has 0 saturated heterocycles. The van der Waals surface area contributed by atoms with E-state index in [1.807, 2.05) is 27.7 Å². The number of ether oxygens (including phenoxy) is 1. The molecule has 0 radical (unpaired) electrons. The molecule has 7 nitrogen and oxygen atoms in total. The Kier molecular flexibility index (Phi) is 9.31. The van der Waals surface area contributed by atoms with Gasteiger partial charge in [0.1, 0.15) is 10.9 Å². The molecule has 29 heavy (non-hydrogen) atoms. The number of thiazole rings is 1. The molecule has 8 heteroatoms. The third-order valence-electron chi connectivity index (χ3n) is 5.05. The van der Waals surface area contributed by atoms with Crippen molar-refractivity contribution >= 4 is 29.2 Å². The first-order valence-electron chi connectivity index (χ1n) is 9.62. The topological polar surface area (TPSA) is 96.8 Å². The molecule has 1 rings (SSSR count). The summed E-state index contributed by atoms with van der Waals surface area (Å²) in [6, 6.07) is -0.274. The zero-order chi connectivity index (χ0) is 22.3. The Balaban J connectivity index is 3.16. The monoisotopic (exact) mass is 422 g/mol.